The van der Waals surface area contributed by atoms with Crippen molar-refractivity contribution in [3.05, 3.63) is 58.8 Å². The first-order valence-corrected chi connectivity index (χ1v) is 11.0. The zero-order valence-corrected chi connectivity index (χ0v) is 17.7. The van der Waals surface area contributed by atoms with E-state index in [-0.39, 0.29) is 11.8 Å². The summed E-state index contributed by atoms with van der Waals surface area (Å²) >= 11 is 1.56. The van der Waals surface area contributed by atoms with Crippen LogP contribution >= 0.6 is 11.3 Å². The highest BCUT2D eigenvalue weighted by Gasteiger charge is 2.23. The van der Waals surface area contributed by atoms with Gasteiger partial charge in [-0.2, -0.15) is 4.98 Å². The highest BCUT2D eigenvalue weighted by atomic mass is 32.1. The number of rotatable bonds is 9. The molecule has 0 saturated heterocycles. The predicted octanol–water partition coefficient (Wildman–Crippen LogP) is 3.67. The lowest BCUT2D eigenvalue weighted by atomic mass is 10.1. The highest BCUT2D eigenvalue weighted by Crippen LogP contribution is 2.22. The fourth-order valence-corrected chi connectivity index (χ4v) is 3.71. The molecule has 1 saturated carbocycles. The van der Waals surface area contributed by atoms with Gasteiger partial charge in [0.25, 0.3) is 5.91 Å². The Balaban J connectivity index is 1.21. The maximum Gasteiger partial charge on any atom is 0.251 e. The average molecular weight is 425 g/mol. The topological polar surface area (TPSA) is 88.3 Å². The first-order chi connectivity index (χ1) is 14.6. The summed E-state index contributed by atoms with van der Waals surface area (Å²) in [6, 6.07) is 11.7. The molecule has 1 aliphatic rings. The van der Waals surface area contributed by atoms with E-state index in [9.17, 15) is 9.59 Å². The molecule has 3 aromatic rings. The van der Waals surface area contributed by atoms with Gasteiger partial charge in [-0.25, -0.2) is 0 Å². The molecule has 0 radical (unpaired) electrons. The van der Waals surface area contributed by atoms with Crippen LogP contribution in [0.5, 0.6) is 0 Å². The number of nitrogens with zero attached hydrogens (tertiary/aromatic N) is 3. The minimum atomic E-state index is -0.0308. The maximum absolute atomic E-state index is 12.4. The Morgan fingerprint density at radius 2 is 2.03 bits per heavy atom. The molecule has 7 nitrogen and oxygen atoms in total. The van der Waals surface area contributed by atoms with Gasteiger partial charge in [0.2, 0.25) is 17.6 Å². The minimum absolute atomic E-state index is 0.0308. The summed E-state index contributed by atoms with van der Waals surface area (Å²) in [5.74, 6) is 1.17. The van der Waals surface area contributed by atoms with Gasteiger partial charge in [-0.1, -0.05) is 23.4 Å². The first-order valence-electron chi connectivity index (χ1n) is 10.1. The summed E-state index contributed by atoms with van der Waals surface area (Å²) in [6.07, 6.45) is 3.77. The Hall–Kier alpha value is -3.00. The molecule has 0 spiro atoms. The molecule has 1 fully saturated rings. The van der Waals surface area contributed by atoms with Crippen LogP contribution in [0.4, 0.5) is 0 Å². The Labute approximate surface area is 179 Å². The van der Waals surface area contributed by atoms with Crippen LogP contribution in [0, 0.1) is 0 Å². The van der Waals surface area contributed by atoms with Crippen molar-refractivity contribution >= 4 is 23.2 Å². The van der Waals surface area contributed by atoms with Crippen molar-refractivity contribution < 1.29 is 14.1 Å². The second-order valence-electron chi connectivity index (χ2n) is 7.54. The molecule has 0 aliphatic heterocycles. The number of thiophene rings is 1. The van der Waals surface area contributed by atoms with Gasteiger partial charge in [0.05, 0.1) is 4.88 Å². The third-order valence-electron chi connectivity index (χ3n) is 4.97. The largest absolute Gasteiger partial charge is 0.349 e. The van der Waals surface area contributed by atoms with Crippen LogP contribution in [-0.2, 0) is 17.8 Å². The Bertz CT molecular complexity index is 994. The Morgan fingerprint density at radius 3 is 2.73 bits per heavy atom. The summed E-state index contributed by atoms with van der Waals surface area (Å²) in [5.41, 5.74) is 1.65. The second kappa shape index (κ2) is 9.21. The van der Waals surface area contributed by atoms with Gasteiger partial charge in [0, 0.05) is 38.0 Å². The van der Waals surface area contributed by atoms with Gasteiger partial charge in [-0.3, -0.25) is 9.59 Å². The molecule has 0 atom stereocenters. The van der Waals surface area contributed by atoms with Gasteiger partial charge in [-0.15, -0.1) is 11.3 Å². The summed E-state index contributed by atoms with van der Waals surface area (Å²) in [4.78, 5) is 31.5. The van der Waals surface area contributed by atoms with Gasteiger partial charge in [0.1, 0.15) is 0 Å². The quantitative estimate of drug-likeness (QED) is 0.566. The van der Waals surface area contributed by atoms with Gasteiger partial charge < -0.3 is 14.7 Å². The van der Waals surface area contributed by atoms with Crippen molar-refractivity contribution in [1.29, 1.82) is 0 Å². The number of hydrogen-bond acceptors (Lipinski definition) is 6. The van der Waals surface area contributed by atoms with E-state index in [1.807, 2.05) is 41.8 Å². The maximum atomic E-state index is 12.4. The highest BCUT2D eigenvalue weighted by molar-refractivity contribution is 7.13. The lowest BCUT2D eigenvalue weighted by Gasteiger charge is -2.17. The SMILES string of the molecule is CN(Cc1ccc(C(=O)NC2CC2)cc1)C(=O)CCCc1nc(-c2cccs2)no1. The van der Waals surface area contributed by atoms with Crippen LogP contribution in [-0.4, -0.2) is 39.9 Å². The average Bonchev–Trinajstić information content (AvgIpc) is 3.20. The number of carbonyl (C=O) groups excluding carboxylic acids is 2. The van der Waals surface area contributed by atoms with E-state index < -0.39 is 0 Å². The molecule has 1 aromatic carbocycles. The number of hydrogen-bond donors (Lipinski definition) is 1. The van der Waals surface area contributed by atoms with Crippen LogP contribution in [0.3, 0.4) is 0 Å². The summed E-state index contributed by atoms with van der Waals surface area (Å²) in [7, 11) is 1.79. The zero-order valence-electron chi connectivity index (χ0n) is 16.8. The van der Waals surface area contributed by atoms with E-state index in [2.05, 4.69) is 15.5 Å². The smallest absolute Gasteiger partial charge is 0.251 e. The van der Waals surface area contributed by atoms with Gasteiger partial charge in [0.15, 0.2) is 0 Å². The van der Waals surface area contributed by atoms with Gasteiger partial charge in [-0.05, 0) is 48.4 Å². The van der Waals surface area contributed by atoms with E-state index in [0.29, 0.717) is 49.1 Å². The second-order valence-corrected chi connectivity index (χ2v) is 8.48. The zero-order chi connectivity index (χ0) is 20.9. The summed E-state index contributed by atoms with van der Waals surface area (Å²) < 4.78 is 5.27. The lowest BCUT2D eigenvalue weighted by Crippen LogP contribution is -2.26. The molecule has 2 heterocycles. The van der Waals surface area contributed by atoms with Crippen molar-refractivity contribution in [3.63, 3.8) is 0 Å². The van der Waals surface area contributed by atoms with E-state index in [0.717, 1.165) is 23.3 Å². The molecule has 30 heavy (non-hydrogen) atoms. The first kappa shape index (κ1) is 20.3. The van der Waals surface area contributed by atoms with Crippen LogP contribution in [0.2, 0.25) is 0 Å². The molecule has 0 unspecified atom stereocenters. The monoisotopic (exact) mass is 424 g/mol. The van der Waals surface area contributed by atoms with E-state index >= 15 is 0 Å². The number of aryl methyl sites for hydroxylation is 1. The molecule has 156 valence electrons. The van der Waals surface area contributed by atoms with Crippen molar-refractivity contribution in [2.24, 2.45) is 0 Å². The number of amides is 2. The summed E-state index contributed by atoms with van der Waals surface area (Å²) in [5, 5.41) is 8.93. The van der Waals surface area contributed by atoms with Crippen molar-refractivity contribution in [2.45, 2.75) is 44.7 Å². The summed E-state index contributed by atoms with van der Waals surface area (Å²) in [6.45, 7) is 0.506. The minimum Gasteiger partial charge on any atom is -0.349 e. The number of carbonyl (C=O) groups is 2. The number of nitrogens with one attached hydrogen (secondary N) is 1. The number of aromatic nitrogens is 2. The van der Waals surface area contributed by atoms with Crippen LogP contribution in [0.25, 0.3) is 10.7 Å². The standard InChI is InChI=1S/C22H24N4O3S/c1-26(14-15-7-9-16(10-8-15)22(28)23-17-11-12-17)20(27)6-2-5-19-24-21(25-29-19)18-4-3-13-30-18/h3-4,7-10,13,17H,2,5-6,11-12,14H2,1H3,(H,23,28). The van der Waals surface area contributed by atoms with Crippen LogP contribution in [0.1, 0.15) is 47.5 Å². The van der Waals surface area contributed by atoms with E-state index in [4.69, 9.17) is 4.52 Å². The van der Waals surface area contributed by atoms with E-state index in [1.54, 1.807) is 23.3 Å². The molecule has 0 bridgehead atoms. The third kappa shape index (κ3) is 5.33. The van der Waals surface area contributed by atoms with E-state index in [1.165, 1.54) is 0 Å². The van der Waals surface area contributed by atoms with Crippen molar-refractivity contribution in [3.8, 4) is 10.7 Å². The lowest BCUT2D eigenvalue weighted by molar-refractivity contribution is -0.130. The molecule has 1 aliphatic carbocycles. The molecular weight excluding hydrogens is 400 g/mol. The molecule has 2 amide bonds. The Kier molecular flexibility index (Phi) is 6.23. The number of benzene rings is 1. The normalized spacial score (nSPS) is 13.2. The molecule has 1 N–H and O–H groups in total. The van der Waals surface area contributed by atoms with Crippen molar-refractivity contribution in [2.75, 3.05) is 7.05 Å². The fraction of sp³-hybridized carbons (Fsp3) is 0.364. The van der Waals surface area contributed by atoms with Crippen LogP contribution in [0.15, 0.2) is 46.3 Å². The van der Waals surface area contributed by atoms with Crippen molar-refractivity contribution in [1.82, 2.24) is 20.4 Å². The molecule has 8 heteroatoms. The third-order valence-corrected chi connectivity index (χ3v) is 5.83. The fourth-order valence-electron chi connectivity index (χ4n) is 3.06. The predicted molar refractivity (Wildman–Crippen MR) is 114 cm³/mol. The van der Waals surface area contributed by atoms with Crippen LogP contribution < -0.4 is 5.32 Å². The molecule has 2 aromatic heterocycles. The van der Waals surface area contributed by atoms with Gasteiger partial charge >= 0.3 is 0 Å². The molecular formula is C22H24N4O3S. The Morgan fingerprint density at radius 1 is 1.23 bits per heavy atom. The molecule has 4 rings (SSSR count).